The number of aliphatic hydroxyl groups is 1. The zero-order chi connectivity index (χ0) is 10.7. The number of hydrogen-bond donors (Lipinski definition) is 1. The minimum Gasteiger partial charge on any atom is -0.510 e. The number of allylic oxidation sites excluding steroid dienone is 2. The normalized spacial score (nSPS) is 23.1. The van der Waals surface area contributed by atoms with E-state index in [0.717, 1.165) is 17.3 Å². The zero-order valence-corrected chi connectivity index (χ0v) is 9.23. The van der Waals surface area contributed by atoms with Crippen molar-refractivity contribution in [2.75, 3.05) is 0 Å². The molecule has 1 heterocycles. The van der Waals surface area contributed by atoms with Crippen molar-refractivity contribution in [1.29, 1.82) is 0 Å². The van der Waals surface area contributed by atoms with Gasteiger partial charge in [0, 0.05) is 5.57 Å². The number of aliphatic hydroxyl groups excluding tert-OH is 1. The molecule has 0 saturated heterocycles. The molecule has 0 saturated carbocycles. The maximum Gasteiger partial charge on any atom is 0.219 e. The fraction of sp³-hybridized carbons (Fsp3) is 0.364. The third kappa shape index (κ3) is 2.10. The maximum absolute atomic E-state index is 11.4. The molecule has 1 aliphatic heterocycles. The van der Waals surface area contributed by atoms with Gasteiger partial charge in [0.1, 0.15) is 5.76 Å². The van der Waals surface area contributed by atoms with Crippen LogP contribution in [0.4, 0.5) is 0 Å². The summed E-state index contributed by atoms with van der Waals surface area (Å²) in [5, 5.41) is 9.50. The molecule has 1 atom stereocenters. The van der Waals surface area contributed by atoms with E-state index in [1.165, 1.54) is 0 Å². The third-order valence-electron chi connectivity index (χ3n) is 2.15. The average molecular weight is 210 g/mol. The molecule has 0 amide bonds. The highest BCUT2D eigenvalue weighted by Crippen LogP contribution is 2.35. The van der Waals surface area contributed by atoms with Gasteiger partial charge in [0.2, 0.25) is 5.12 Å². The minimum absolute atomic E-state index is 0.0110. The summed E-state index contributed by atoms with van der Waals surface area (Å²) >= 11 is 1.16. The molecule has 0 radical (unpaired) electrons. The van der Waals surface area contributed by atoms with Gasteiger partial charge in [-0.25, -0.2) is 0 Å². The molecular weight excluding hydrogens is 196 g/mol. The first-order valence-electron chi connectivity index (χ1n) is 4.54. The number of rotatable bonds is 3. The van der Waals surface area contributed by atoms with Gasteiger partial charge in [-0.05, 0) is 13.3 Å². The monoisotopic (exact) mass is 210 g/mol. The van der Waals surface area contributed by atoms with Gasteiger partial charge in [-0.3, -0.25) is 4.79 Å². The van der Waals surface area contributed by atoms with E-state index >= 15 is 0 Å². The van der Waals surface area contributed by atoms with Crippen molar-refractivity contribution < 1.29 is 9.90 Å². The van der Waals surface area contributed by atoms with E-state index in [9.17, 15) is 9.90 Å². The summed E-state index contributed by atoms with van der Waals surface area (Å²) in [4.78, 5) is 11.4. The first-order valence-corrected chi connectivity index (χ1v) is 5.42. The van der Waals surface area contributed by atoms with Crippen LogP contribution < -0.4 is 0 Å². The Morgan fingerprint density at radius 1 is 1.71 bits per heavy atom. The summed E-state index contributed by atoms with van der Waals surface area (Å²) in [7, 11) is 0. The average Bonchev–Trinajstić information content (AvgIpc) is 2.42. The molecule has 76 valence electrons. The Balaban J connectivity index is 2.92. The van der Waals surface area contributed by atoms with Crippen LogP contribution in [0, 0.1) is 0 Å². The zero-order valence-electron chi connectivity index (χ0n) is 8.41. The van der Waals surface area contributed by atoms with Crippen LogP contribution in [0.15, 0.2) is 35.6 Å². The van der Waals surface area contributed by atoms with Crippen LogP contribution in [0.5, 0.6) is 0 Å². The van der Waals surface area contributed by atoms with E-state index in [2.05, 4.69) is 6.58 Å². The molecule has 1 N–H and O–H groups in total. The van der Waals surface area contributed by atoms with Crippen molar-refractivity contribution in [3.8, 4) is 0 Å². The highest BCUT2D eigenvalue weighted by atomic mass is 32.2. The molecule has 0 aliphatic carbocycles. The first-order chi connectivity index (χ1) is 6.60. The maximum atomic E-state index is 11.4. The highest BCUT2D eigenvalue weighted by molar-refractivity contribution is 8.15. The van der Waals surface area contributed by atoms with Gasteiger partial charge in [-0.2, -0.15) is 0 Å². The van der Waals surface area contributed by atoms with Crippen molar-refractivity contribution in [3.63, 3.8) is 0 Å². The van der Waals surface area contributed by atoms with Crippen LogP contribution in [0.2, 0.25) is 0 Å². The van der Waals surface area contributed by atoms with Crippen molar-refractivity contribution in [2.24, 2.45) is 0 Å². The minimum atomic E-state index is -0.213. The Labute approximate surface area is 88.4 Å². The lowest BCUT2D eigenvalue weighted by Crippen LogP contribution is -1.99. The van der Waals surface area contributed by atoms with Gasteiger partial charge in [-0.1, -0.05) is 43.0 Å². The van der Waals surface area contributed by atoms with Crippen molar-refractivity contribution in [2.45, 2.75) is 25.5 Å². The van der Waals surface area contributed by atoms with E-state index in [0.29, 0.717) is 12.0 Å². The molecular formula is C11H14O2S. The molecule has 0 aromatic rings. The molecule has 1 unspecified atom stereocenters. The lowest BCUT2D eigenvalue weighted by atomic mass is 10.1. The topological polar surface area (TPSA) is 37.3 Å². The Morgan fingerprint density at radius 2 is 2.36 bits per heavy atom. The summed E-state index contributed by atoms with van der Waals surface area (Å²) in [5.74, 6) is 0.212. The smallest absolute Gasteiger partial charge is 0.219 e. The summed E-state index contributed by atoms with van der Waals surface area (Å²) in [6.07, 6.45) is 4.16. The molecule has 1 aliphatic rings. The summed E-state index contributed by atoms with van der Waals surface area (Å²) in [6.45, 7) is 7.40. The molecule has 0 aromatic carbocycles. The quantitative estimate of drug-likeness (QED) is 0.728. The second-order valence-electron chi connectivity index (χ2n) is 3.16. The van der Waals surface area contributed by atoms with E-state index in [4.69, 9.17) is 0 Å². The van der Waals surface area contributed by atoms with E-state index in [1.54, 1.807) is 6.08 Å². The van der Waals surface area contributed by atoms with Gasteiger partial charge in [0.15, 0.2) is 0 Å². The number of carbonyl (C=O) groups excluding carboxylic acids is 1. The predicted octanol–water partition coefficient (Wildman–Crippen LogP) is 2.98. The lowest BCUT2D eigenvalue weighted by molar-refractivity contribution is -0.107. The lowest BCUT2D eigenvalue weighted by Gasteiger charge is -2.03. The van der Waals surface area contributed by atoms with Crippen molar-refractivity contribution in [3.05, 3.63) is 35.6 Å². The Morgan fingerprint density at radius 3 is 2.79 bits per heavy atom. The van der Waals surface area contributed by atoms with Crippen LogP contribution in [0.3, 0.4) is 0 Å². The number of thioether (sulfide) groups is 1. The molecule has 2 nitrogen and oxygen atoms in total. The molecule has 1 rings (SSSR count). The van der Waals surface area contributed by atoms with Crippen molar-refractivity contribution >= 4 is 16.9 Å². The molecule has 14 heavy (non-hydrogen) atoms. The van der Waals surface area contributed by atoms with Gasteiger partial charge in [0.25, 0.3) is 0 Å². The fourth-order valence-electron chi connectivity index (χ4n) is 1.26. The van der Waals surface area contributed by atoms with Crippen LogP contribution >= 0.6 is 11.8 Å². The largest absolute Gasteiger partial charge is 0.510 e. The number of hydrogen-bond acceptors (Lipinski definition) is 3. The predicted molar refractivity (Wildman–Crippen MR) is 60.3 cm³/mol. The van der Waals surface area contributed by atoms with Crippen LogP contribution in [0.1, 0.15) is 20.3 Å². The van der Waals surface area contributed by atoms with Crippen LogP contribution in [-0.4, -0.2) is 15.5 Å². The van der Waals surface area contributed by atoms with E-state index < -0.39 is 0 Å². The van der Waals surface area contributed by atoms with Gasteiger partial charge >= 0.3 is 0 Å². The van der Waals surface area contributed by atoms with Gasteiger partial charge < -0.3 is 5.11 Å². The van der Waals surface area contributed by atoms with Crippen molar-refractivity contribution in [1.82, 2.24) is 0 Å². The molecule has 0 aromatic heterocycles. The van der Waals surface area contributed by atoms with Crippen LogP contribution in [0.25, 0.3) is 0 Å². The van der Waals surface area contributed by atoms with E-state index in [1.807, 2.05) is 19.9 Å². The van der Waals surface area contributed by atoms with Crippen LogP contribution in [-0.2, 0) is 4.79 Å². The third-order valence-corrected chi connectivity index (χ3v) is 3.22. The second-order valence-corrected chi connectivity index (χ2v) is 4.27. The summed E-state index contributed by atoms with van der Waals surface area (Å²) < 4.78 is 0. The SMILES string of the molecule is C=C/C(C)=C/C1SC(=O)C(CC)=C1O. The Kier molecular flexibility index (Phi) is 3.58. The molecule has 0 bridgehead atoms. The Bertz CT molecular complexity index is 326. The molecule has 0 fully saturated rings. The standard InChI is InChI=1S/C11H14O2S/c1-4-7(3)6-9-10(12)8(5-2)11(13)14-9/h4,6,9,12H,1,5H2,2-3H3/b7-6+. The second kappa shape index (κ2) is 4.51. The molecule has 0 spiro atoms. The molecule has 3 heteroatoms. The highest BCUT2D eigenvalue weighted by Gasteiger charge is 2.30. The fourth-order valence-corrected chi connectivity index (χ4v) is 2.42. The summed E-state index contributed by atoms with van der Waals surface area (Å²) in [5.41, 5.74) is 1.52. The first kappa shape index (κ1) is 11.1. The summed E-state index contributed by atoms with van der Waals surface area (Å²) in [6, 6.07) is 0. The Hall–Kier alpha value is -0.960. The van der Waals surface area contributed by atoms with E-state index in [-0.39, 0.29) is 16.1 Å². The van der Waals surface area contributed by atoms with Gasteiger partial charge in [0.05, 0.1) is 5.25 Å². The van der Waals surface area contributed by atoms with Gasteiger partial charge in [-0.15, -0.1) is 0 Å². The number of carbonyl (C=O) groups is 1.